The van der Waals surface area contributed by atoms with Crippen LogP contribution in [0.3, 0.4) is 0 Å². The molecule has 0 amide bonds. The lowest BCUT2D eigenvalue weighted by molar-refractivity contribution is -0.115. The van der Waals surface area contributed by atoms with Gasteiger partial charge in [-0.15, -0.1) is 0 Å². The molecule has 0 atom stereocenters. The molecule has 2 rings (SSSR count). The highest BCUT2D eigenvalue weighted by Crippen LogP contribution is 2.26. The van der Waals surface area contributed by atoms with Gasteiger partial charge in [0.05, 0.1) is 11.3 Å². The third-order valence-electron chi connectivity index (χ3n) is 3.91. The van der Waals surface area contributed by atoms with E-state index in [1.165, 1.54) is 0 Å². The number of nitrogens with zero attached hydrogens (tertiary/aromatic N) is 4. The van der Waals surface area contributed by atoms with Gasteiger partial charge in [0.2, 0.25) is 11.9 Å². The molecular weight excluding hydrogens is 387 g/mol. The molecule has 0 aliphatic heterocycles. The SMILES string of the molecule is CCCNc1nc(NCC)nc2c(CCC(C)(C)O)nc(NCC(F)(F)F)nc12. The largest absolute Gasteiger partial charge is 0.405 e. The Hall–Kier alpha value is -2.43. The van der Waals surface area contributed by atoms with Gasteiger partial charge >= 0.3 is 6.18 Å². The summed E-state index contributed by atoms with van der Waals surface area (Å²) >= 11 is 0. The van der Waals surface area contributed by atoms with E-state index in [1.54, 1.807) is 13.8 Å². The van der Waals surface area contributed by atoms with Crippen molar-refractivity contribution < 1.29 is 18.3 Å². The van der Waals surface area contributed by atoms with Gasteiger partial charge in [0.1, 0.15) is 17.6 Å². The first kappa shape index (κ1) is 22.9. The molecule has 0 unspecified atom stereocenters. The fraction of sp³-hybridized carbons (Fsp3) is 0.667. The molecular formula is C18H28F3N7O. The Morgan fingerprint density at radius 3 is 2.14 bits per heavy atom. The van der Waals surface area contributed by atoms with E-state index < -0.39 is 18.3 Å². The Labute approximate surface area is 167 Å². The van der Waals surface area contributed by atoms with E-state index in [2.05, 4.69) is 35.9 Å². The van der Waals surface area contributed by atoms with Crippen LogP contribution in [0.2, 0.25) is 0 Å². The van der Waals surface area contributed by atoms with Crippen molar-refractivity contribution in [1.82, 2.24) is 19.9 Å². The summed E-state index contributed by atoms with van der Waals surface area (Å²) in [5.41, 5.74) is 0.266. The van der Waals surface area contributed by atoms with Crippen molar-refractivity contribution in [2.75, 3.05) is 35.6 Å². The van der Waals surface area contributed by atoms with Crippen LogP contribution in [-0.2, 0) is 6.42 Å². The summed E-state index contributed by atoms with van der Waals surface area (Å²) in [5.74, 6) is 0.650. The van der Waals surface area contributed by atoms with Crippen LogP contribution in [0.4, 0.5) is 30.9 Å². The van der Waals surface area contributed by atoms with Crippen LogP contribution in [0, 0.1) is 0 Å². The van der Waals surface area contributed by atoms with Crippen LogP contribution in [0.25, 0.3) is 11.0 Å². The van der Waals surface area contributed by atoms with Crippen LogP contribution < -0.4 is 16.0 Å². The van der Waals surface area contributed by atoms with Crippen molar-refractivity contribution >= 4 is 28.7 Å². The number of fused-ring (bicyclic) bond motifs is 1. The summed E-state index contributed by atoms with van der Waals surface area (Å²) in [6, 6.07) is 0. The zero-order chi connectivity index (χ0) is 21.7. The van der Waals surface area contributed by atoms with E-state index in [0.717, 1.165) is 6.42 Å². The maximum absolute atomic E-state index is 12.6. The Bertz CT molecular complexity index is 822. The Morgan fingerprint density at radius 2 is 1.55 bits per heavy atom. The molecule has 162 valence electrons. The summed E-state index contributed by atoms with van der Waals surface area (Å²) in [6.07, 6.45) is -2.90. The van der Waals surface area contributed by atoms with Crippen molar-refractivity contribution in [3.8, 4) is 0 Å². The lowest BCUT2D eigenvalue weighted by atomic mass is 10.0. The number of rotatable bonds is 10. The highest BCUT2D eigenvalue weighted by Gasteiger charge is 2.27. The first-order chi connectivity index (χ1) is 13.5. The standard InChI is InChI=1S/C18H28F3N7O/c1-5-9-23-14-13-12(26-15(28-14)22-6-2)11(7-8-17(3,4)29)25-16(27-13)24-10-18(19,20)21/h29H,5-10H2,1-4H3,(H,24,25,27)(H2,22,23,26,28). The number of aryl methyl sites for hydroxylation is 1. The maximum atomic E-state index is 12.6. The van der Waals surface area contributed by atoms with Gasteiger partial charge in [-0.05, 0) is 40.0 Å². The van der Waals surface area contributed by atoms with E-state index >= 15 is 0 Å². The minimum absolute atomic E-state index is 0.153. The molecule has 0 spiro atoms. The topological polar surface area (TPSA) is 108 Å². The van der Waals surface area contributed by atoms with Crippen molar-refractivity contribution in [2.24, 2.45) is 0 Å². The molecule has 11 heteroatoms. The monoisotopic (exact) mass is 415 g/mol. The van der Waals surface area contributed by atoms with Crippen LogP contribution in [-0.4, -0.2) is 56.5 Å². The normalized spacial score (nSPS) is 12.3. The van der Waals surface area contributed by atoms with Gasteiger partial charge in [0, 0.05) is 13.1 Å². The molecule has 4 N–H and O–H groups in total. The molecule has 2 aromatic rings. The van der Waals surface area contributed by atoms with Crippen molar-refractivity contribution in [3.63, 3.8) is 0 Å². The van der Waals surface area contributed by atoms with Crippen LogP contribution in [0.5, 0.6) is 0 Å². The fourth-order valence-electron chi connectivity index (χ4n) is 2.53. The predicted octanol–water partition coefficient (Wildman–Crippen LogP) is 3.35. The molecule has 8 nitrogen and oxygen atoms in total. The summed E-state index contributed by atoms with van der Waals surface area (Å²) in [4.78, 5) is 17.4. The van der Waals surface area contributed by atoms with Gasteiger partial charge in [0.25, 0.3) is 0 Å². The molecule has 0 bridgehead atoms. The van der Waals surface area contributed by atoms with E-state index in [1.807, 2.05) is 13.8 Å². The number of aliphatic hydroxyl groups is 1. The first-order valence-electron chi connectivity index (χ1n) is 9.61. The number of hydrogen-bond donors (Lipinski definition) is 4. The van der Waals surface area contributed by atoms with E-state index in [4.69, 9.17) is 0 Å². The lowest BCUT2D eigenvalue weighted by Gasteiger charge is -2.18. The summed E-state index contributed by atoms with van der Waals surface area (Å²) in [6.45, 7) is 7.18. The second-order valence-corrected chi connectivity index (χ2v) is 7.33. The molecule has 2 heterocycles. The molecule has 0 fully saturated rings. The average molecular weight is 415 g/mol. The summed E-state index contributed by atoms with van der Waals surface area (Å²) in [7, 11) is 0. The van der Waals surface area contributed by atoms with Crippen LogP contribution >= 0.6 is 0 Å². The number of nitrogens with one attached hydrogen (secondary N) is 3. The number of aromatic nitrogens is 4. The van der Waals surface area contributed by atoms with Gasteiger partial charge in [0.15, 0.2) is 5.82 Å². The van der Waals surface area contributed by atoms with E-state index in [0.29, 0.717) is 54.4 Å². The number of anilines is 3. The van der Waals surface area contributed by atoms with Crippen molar-refractivity contribution in [1.29, 1.82) is 0 Å². The summed E-state index contributed by atoms with van der Waals surface area (Å²) < 4.78 is 37.9. The van der Waals surface area contributed by atoms with Crippen molar-refractivity contribution in [3.05, 3.63) is 5.69 Å². The average Bonchev–Trinajstić information content (AvgIpc) is 2.61. The molecule has 0 aromatic carbocycles. The molecule has 0 saturated carbocycles. The number of alkyl halides is 3. The number of hydrogen-bond acceptors (Lipinski definition) is 8. The molecule has 2 aromatic heterocycles. The zero-order valence-corrected chi connectivity index (χ0v) is 17.1. The Morgan fingerprint density at radius 1 is 0.897 bits per heavy atom. The van der Waals surface area contributed by atoms with E-state index in [-0.39, 0.29) is 5.95 Å². The molecule has 0 saturated heterocycles. The second-order valence-electron chi connectivity index (χ2n) is 7.33. The van der Waals surface area contributed by atoms with E-state index in [9.17, 15) is 18.3 Å². The first-order valence-corrected chi connectivity index (χ1v) is 9.61. The molecule has 0 aliphatic carbocycles. The highest BCUT2D eigenvalue weighted by molar-refractivity contribution is 5.88. The van der Waals surface area contributed by atoms with Crippen LogP contribution in [0.1, 0.15) is 46.2 Å². The minimum Gasteiger partial charge on any atom is -0.390 e. The minimum atomic E-state index is -4.40. The Balaban J connectivity index is 2.57. The van der Waals surface area contributed by atoms with Gasteiger partial charge < -0.3 is 21.1 Å². The van der Waals surface area contributed by atoms with Gasteiger partial charge in [-0.2, -0.15) is 18.2 Å². The van der Waals surface area contributed by atoms with Gasteiger partial charge in [-0.3, -0.25) is 0 Å². The zero-order valence-electron chi connectivity index (χ0n) is 17.1. The highest BCUT2D eigenvalue weighted by atomic mass is 19.4. The Kier molecular flexibility index (Phi) is 7.39. The third kappa shape index (κ3) is 7.15. The molecule has 0 radical (unpaired) electrons. The quantitative estimate of drug-likeness (QED) is 0.468. The van der Waals surface area contributed by atoms with Gasteiger partial charge in [-0.25, -0.2) is 15.0 Å². The fourth-order valence-corrected chi connectivity index (χ4v) is 2.53. The predicted molar refractivity (Wildman–Crippen MR) is 107 cm³/mol. The van der Waals surface area contributed by atoms with Gasteiger partial charge in [-0.1, -0.05) is 6.92 Å². The summed E-state index contributed by atoms with van der Waals surface area (Å²) in [5, 5.41) is 18.5. The van der Waals surface area contributed by atoms with Crippen molar-refractivity contribution in [2.45, 2.75) is 58.7 Å². The third-order valence-corrected chi connectivity index (χ3v) is 3.91. The second kappa shape index (κ2) is 9.38. The smallest absolute Gasteiger partial charge is 0.390 e. The number of halogens is 3. The lowest BCUT2D eigenvalue weighted by Crippen LogP contribution is -2.23. The molecule has 29 heavy (non-hydrogen) atoms. The maximum Gasteiger partial charge on any atom is 0.405 e. The molecule has 0 aliphatic rings. The van der Waals surface area contributed by atoms with Crippen LogP contribution in [0.15, 0.2) is 0 Å².